The molecule has 1 heterocycles. The molecule has 5 rings (SSSR count). The first-order chi connectivity index (χ1) is 20.7. The van der Waals surface area contributed by atoms with E-state index in [1.54, 1.807) is 0 Å². The summed E-state index contributed by atoms with van der Waals surface area (Å²) in [4.78, 5) is 18.1. The van der Waals surface area contributed by atoms with Crippen LogP contribution in [0.4, 0.5) is 5.69 Å². The molecule has 0 spiro atoms. The maximum atomic E-state index is 13.3. The van der Waals surface area contributed by atoms with Crippen molar-refractivity contribution in [2.45, 2.75) is 71.4 Å². The van der Waals surface area contributed by atoms with Gasteiger partial charge in [-0.3, -0.25) is 4.79 Å². The Balaban J connectivity index is 1.24. The van der Waals surface area contributed by atoms with Gasteiger partial charge in [0.2, 0.25) is 0 Å². The second-order valence-electron chi connectivity index (χ2n) is 12.6. The van der Waals surface area contributed by atoms with Crippen LogP contribution in [0.2, 0.25) is 5.02 Å². The number of rotatable bonds is 11. The van der Waals surface area contributed by atoms with Gasteiger partial charge in [0, 0.05) is 28.3 Å². The van der Waals surface area contributed by atoms with Gasteiger partial charge in [0.1, 0.15) is 5.75 Å². The molecule has 4 atom stereocenters. The van der Waals surface area contributed by atoms with E-state index < -0.39 is 0 Å². The highest BCUT2D eigenvalue weighted by Crippen LogP contribution is 2.36. The molecule has 2 N–H and O–H groups in total. The molecule has 2 aliphatic rings. The fourth-order valence-corrected chi connectivity index (χ4v) is 6.63. The van der Waals surface area contributed by atoms with Gasteiger partial charge in [-0.15, -0.1) is 0 Å². The first-order valence-electron chi connectivity index (χ1n) is 15.5. The average Bonchev–Trinajstić information content (AvgIpc) is 3.13. The van der Waals surface area contributed by atoms with Gasteiger partial charge in [0.15, 0.2) is 0 Å². The molecule has 3 aromatic carbocycles. The van der Waals surface area contributed by atoms with Crippen LogP contribution in [-0.4, -0.2) is 29.4 Å². The van der Waals surface area contributed by atoms with E-state index in [0.717, 1.165) is 58.7 Å². The number of aliphatic hydroxyl groups excluding tert-OH is 1. The van der Waals surface area contributed by atoms with Gasteiger partial charge in [-0.25, -0.2) is 4.99 Å². The lowest BCUT2D eigenvalue weighted by Crippen LogP contribution is -2.32. The lowest BCUT2D eigenvalue weighted by Gasteiger charge is -2.25. The van der Waals surface area contributed by atoms with E-state index in [2.05, 4.69) is 44.8 Å². The van der Waals surface area contributed by atoms with Crippen LogP contribution in [0.15, 0.2) is 83.9 Å². The molecular weight excluding hydrogens is 556 g/mol. The minimum absolute atomic E-state index is 0.132. The fraction of sp³-hybridized carbons (Fsp3) is 0.405. The smallest absolute Gasteiger partial charge is 0.251 e. The first kappa shape index (κ1) is 31.0. The van der Waals surface area contributed by atoms with Gasteiger partial charge in [-0.2, -0.15) is 0 Å². The second kappa shape index (κ2) is 13.9. The number of aliphatic imine (C=N–C) groups is 1. The predicted molar refractivity (Wildman–Crippen MR) is 176 cm³/mol. The maximum Gasteiger partial charge on any atom is 0.251 e. The molecule has 226 valence electrons. The Labute approximate surface area is 261 Å². The number of benzene rings is 3. The van der Waals surface area contributed by atoms with Crippen LogP contribution in [0.5, 0.6) is 5.75 Å². The van der Waals surface area contributed by atoms with Crippen LogP contribution in [0.25, 0.3) is 0 Å². The number of nitrogens with zero attached hydrogens (tertiary/aromatic N) is 1. The molecule has 0 bridgehead atoms. The zero-order chi connectivity index (χ0) is 30.5. The van der Waals surface area contributed by atoms with E-state index in [-0.39, 0.29) is 30.6 Å². The minimum atomic E-state index is -0.195. The molecule has 1 aliphatic heterocycles. The summed E-state index contributed by atoms with van der Waals surface area (Å²) in [6, 6.07) is 21.3. The van der Waals surface area contributed by atoms with Crippen molar-refractivity contribution in [2.75, 3.05) is 6.61 Å². The highest BCUT2D eigenvalue weighted by atomic mass is 35.5. The Bertz CT molecular complexity index is 1480. The normalized spacial score (nSPS) is 20.3. The Kier molecular flexibility index (Phi) is 10.0. The van der Waals surface area contributed by atoms with E-state index in [1.165, 1.54) is 12.8 Å². The SMILES string of the molecule is C=C(CCO)CC1CCC(C)CC(Oc2ccc(C3=Nc4ccc(C(=O)NC(c5ccccc5Cl)C(C)C)cc43)cc2)C1. The van der Waals surface area contributed by atoms with Gasteiger partial charge in [0.25, 0.3) is 5.91 Å². The highest BCUT2D eigenvalue weighted by molar-refractivity contribution is 6.31. The number of nitrogens with one attached hydrogen (secondary N) is 1. The summed E-state index contributed by atoms with van der Waals surface area (Å²) in [7, 11) is 0. The quantitative estimate of drug-likeness (QED) is 0.134. The summed E-state index contributed by atoms with van der Waals surface area (Å²) in [5.74, 6) is 2.07. The molecule has 3 aromatic rings. The van der Waals surface area contributed by atoms with Gasteiger partial charge < -0.3 is 15.2 Å². The molecule has 1 fully saturated rings. The first-order valence-corrected chi connectivity index (χ1v) is 15.9. The summed E-state index contributed by atoms with van der Waals surface area (Å²) >= 11 is 6.46. The molecule has 1 saturated carbocycles. The van der Waals surface area contributed by atoms with Crippen molar-refractivity contribution in [3.8, 4) is 5.75 Å². The van der Waals surface area contributed by atoms with Crippen molar-refractivity contribution in [3.63, 3.8) is 0 Å². The number of carbonyl (C=O) groups excluding carboxylic acids is 1. The third-order valence-electron chi connectivity index (χ3n) is 8.74. The Morgan fingerprint density at radius 2 is 1.86 bits per heavy atom. The topological polar surface area (TPSA) is 70.9 Å². The zero-order valence-electron chi connectivity index (χ0n) is 25.5. The lowest BCUT2D eigenvalue weighted by atomic mass is 9.91. The maximum absolute atomic E-state index is 13.3. The summed E-state index contributed by atoms with van der Waals surface area (Å²) in [6.45, 7) is 10.8. The van der Waals surface area contributed by atoms with Gasteiger partial charge in [-0.05, 0) is 104 Å². The molecule has 0 radical (unpaired) electrons. The molecule has 0 saturated heterocycles. The van der Waals surface area contributed by atoms with Crippen LogP contribution in [-0.2, 0) is 0 Å². The molecule has 4 unspecified atom stereocenters. The van der Waals surface area contributed by atoms with Crippen LogP contribution in [0.3, 0.4) is 0 Å². The minimum Gasteiger partial charge on any atom is -0.490 e. The average molecular weight is 599 g/mol. The number of hydrogen-bond donors (Lipinski definition) is 2. The van der Waals surface area contributed by atoms with Crippen molar-refractivity contribution in [2.24, 2.45) is 22.7 Å². The van der Waals surface area contributed by atoms with Crippen molar-refractivity contribution < 1.29 is 14.6 Å². The van der Waals surface area contributed by atoms with Crippen LogP contribution < -0.4 is 10.1 Å². The number of ether oxygens (including phenoxy) is 1. The Morgan fingerprint density at radius 3 is 2.58 bits per heavy atom. The standard InChI is InChI=1S/C37H43ClN2O3/c1-23(2)35(31-7-5-6-8-33(31)38)40-37(42)28-13-16-34-32(22-28)36(39-34)27-11-14-29(15-12-27)43-30-20-24(3)9-10-26(21-30)19-25(4)17-18-41/h5-8,11-16,22-24,26,30,35,41H,4,9-10,17-21H2,1-3H3,(H,40,42). The number of amides is 1. The molecular formula is C37H43ClN2O3. The van der Waals surface area contributed by atoms with Gasteiger partial charge in [0.05, 0.1) is 23.5 Å². The van der Waals surface area contributed by atoms with Crippen LogP contribution in [0.1, 0.15) is 92.4 Å². The molecule has 5 nitrogen and oxygen atoms in total. The van der Waals surface area contributed by atoms with E-state index in [1.807, 2.05) is 54.6 Å². The van der Waals surface area contributed by atoms with Crippen LogP contribution >= 0.6 is 11.6 Å². The van der Waals surface area contributed by atoms with E-state index >= 15 is 0 Å². The number of halogens is 1. The summed E-state index contributed by atoms with van der Waals surface area (Å²) in [5, 5.41) is 13.1. The third-order valence-corrected chi connectivity index (χ3v) is 9.09. The third kappa shape index (κ3) is 7.57. The number of aliphatic hydroxyl groups is 1. The summed E-state index contributed by atoms with van der Waals surface area (Å²) < 4.78 is 6.50. The van der Waals surface area contributed by atoms with Gasteiger partial charge >= 0.3 is 0 Å². The Morgan fingerprint density at radius 1 is 1.09 bits per heavy atom. The molecule has 1 amide bonds. The van der Waals surface area contributed by atoms with Crippen molar-refractivity contribution in [3.05, 3.63) is 106 Å². The highest BCUT2D eigenvalue weighted by Gasteiger charge is 2.27. The van der Waals surface area contributed by atoms with Crippen molar-refractivity contribution >= 4 is 28.9 Å². The van der Waals surface area contributed by atoms with E-state index in [0.29, 0.717) is 28.8 Å². The van der Waals surface area contributed by atoms with Crippen LogP contribution in [0, 0.1) is 17.8 Å². The Hall–Kier alpha value is -3.41. The monoisotopic (exact) mass is 598 g/mol. The van der Waals surface area contributed by atoms with E-state index in [4.69, 9.17) is 21.3 Å². The van der Waals surface area contributed by atoms with Crippen molar-refractivity contribution in [1.82, 2.24) is 5.32 Å². The molecule has 6 heteroatoms. The fourth-order valence-electron chi connectivity index (χ4n) is 6.37. The number of carbonyl (C=O) groups is 1. The molecule has 43 heavy (non-hydrogen) atoms. The summed E-state index contributed by atoms with van der Waals surface area (Å²) in [6.07, 6.45) is 6.25. The second-order valence-corrected chi connectivity index (χ2v) is 13.0. The zero-order valence-corrected chi connectivity index (χ0v) is 26.2. The summed E-state index contributed by atoms with van der Waals surface area (Å²) in [5.41, 5.74) is 6.40. The molecule has 1 aliphatic carbocycles. The number of fused-ring (bicyclic) bond motifs is 1. The molecule has 0 aromatic heterocycles. The van der Waals surface area contributed by atoms with Crippen molar-refractivity contribution in [1.29, 1.82) is 0 Å². The predicted octanol–water partition coefficient (Wildman–Crippen LogP) is 8.85. The van der Waals surface area contributed by atoms with Gasteiger partial charge in [-0.1, -0.05) is 69.1 Å². The number of hydrogen-bond acceptors (Lipinski definition) is 4. The lowest BCUT2D eigenvalue weighted by molar-refractivity contribution is 0.0925. The van der Waals surface area contributed by atoms with E-state index in [9.17, 15) is 9.90 Å². The largest absolute Gasteiger partial charge is 0.490 e.